The van der Waals surface area contributed by atoms with Crippen molar-refractivity contribution < 1.29 is 23.9 Å². The Hall–Kier alpha value is -3.35. The molecule has 5 rings (SSSR count). The van der Waals surface area contributed by atoms with Crippen LogP contribution < -0.4 is 9.64 Å². The largest absolute Gasteiger partial charge is 0.490 e. The third-order valence-electron chi connectivity index (χ3n) is 6.11. The highest BCUT2D eigenvalue weighted by molar-refractivity contribution is 6.15. The average Bonchev–Trinajstić information content (AvgIpc) is 3.54. The summed E-state index contributed by atoms with van der Waals surface area (Å²) in [4.78, 5) is 42.8. The number of esters is 1. The second kappa shape index (κ2) is 7.41. The van der Waals surface area contributed by atoms with E-state index in [0.29, 0.717) is 17.0 Å². The van der Waals surface area contributed by atoms with E-state index in [1.54, 1.807) is 29.2 Å². The lowest BCUT2D eigenvalue weighted by Crippen LogP contribution is -2.69. The molecule has 0 unspecified atom stereocenters. The summed E-state index contributed by atoms with van der Waals surface area (Å²) in [7, 11) is 0. The van der Waals surface area contributed by atoms with Crippen LogP contribution in [-0.2, 0) is 14.3 Å². The van der Waals surface area contributed by atoms with Gasteiger partial charge in [-0.25, -0.2) is 4.79 Å². The molecule has 2 aliphatic heterocycles. The summed E-state index contributed by atoms with van der Waals surface area (Å²) < 4.78 is 11.3. The number of hydrogen-bond acceptors (Lipinski definition) is 5. The van der Waals surface area contributed by atoms with Crippen LogP contribution in [0, 0.1) is 6.92 Å². The molecular formula is C24H24N2O5. The zero-order chi connectivity index (χ0) is 21.6. The number of fused-ring (bicyclic) bond motifs is 3. The molecule has 2 fully saturated rings. The van der Waals surface area contributed by atoms with Crippen molar-refractivity contribution in [3.05, 3.63) is 59.7 Å². The first kappa shape index (κ1) is 19.6. The third-order valence-corrected chi connectivity index (χ3v) is 6.11. The highest BCUT2D eigenvalue weighted by Crippen LogP contribution is 2.49. The van der Waals surface area contributed by atoms with Crippen molar-refractivity contribution in [3.8, 4) is 5.75 Å². The van der Waals surface area contributed by atoms with Crippen molar-refractivity contribution in [2.75, 3.05) is 18.1 Å². The topological polar surface area (TPSA) is 76.1 Å². The molecule has 31 heavy (non-hydrogen) atoms. The summed E-state index contributed by atoms with van der Waals surface area (Å²) in [6, 6.07) is 14.6. The van der Waals surface area contributed by atoms with Gasteiger partial charge < -0.3 is 14.4 Å². The molecule has 7 heteroatoms. The fraction of sp³-hybridized carbons (Fsp3) is 0.375. The number of para-hydroxylation sites is 1. The third kappa shape index (κ3) is 3.15. The van der Waals surface area contributed by atoms with Crippen molar-refractivity contribution in [1.29, 1.82) is 0 Å². The average molecular weight is 420 g/mol. The molecule has 0 bridgehead atoms. The molecule has 0 spiro atoms. The van der Waals surface area contributed by atoms with Crippen LogP contribution in [0.25, 0.3) is 0 Å². The summed E-state index contributed by atoms with van der Waals surface area (Å²) in [5.74, 6) is -0.246. The van der Waals surface area contributed by atoms with Crippen molar-refractivity contribution in [1.82, 2.24) is 4.90 Å². The molecule has 2 aromatic carbocycles. The van der Waals surface area contributed by atoms with Gasteiger partial charge in [-0.1, -0.05) is 24.3 Å². The van der Waals surface area contributed by atoms with Gasteiger partial charge in [-0.3, -0.25) is 14.5 Å². The van der Waals surface area contributed by atoms with Gasteiger partial charge in [0.1, 0.15) is 19.0 Å². The maximum Gasteiger partial charge on any atom is 0.353 e. The number of benzene rings is 2. The molecule has 7 nitrogen and oxygen atoms in total. The van der Waals surface area contributed by atoms with E-state index in [4.69, 9.17) is 9.47 Å². The van der Waals surface area contributed by atoms with Crippen molar-refractivity contribution >= 4 is 23.5 Å². The van der Waals surface area contributed by atoms with Crippen molar-refractivity contribution in [2.24, 2.45) is 0 Å². The highest BCUT2D eigenvalue weighted by Gasteiger charge is 2.64. The van der Waals surface area contributed by atoms with Crippen LogP contribution in [0.5, 0.6) is 5.75 Å². The van der Waals surface area contributed by atoms with E-state index in [9.17, 15) is 14.4 Å². The zero-order valence-electron chi connectivity index (χ0n) is 17.4. The van der Waals surface area contributed by atoms with Crippen molar-refractivity contribution in [3.63, 3.8) is 0 Å². The zero-order valence-corrected chi connectivity index (χ0v) is 17.4. The quantitative estimate of drug-likeness (QED) is 0.530. The summed E-state index contributed by atoms with van der Waals surface area (Å²) in [5, 5.41) is 0. The van der Waals surface area contributed by atoms with E-state index in [0.717, 1.165) is 18.4 Å². The molecule has 2 aromatic rings. The molecular weight excluding hydrogens is 396 g/mol. The van der Waals surface area contributed by atoms with Gasteiger partial charge in [0.05, 0.1) is 11.3 Å². The second-order valence-electron chi connectivity index (χ2n) is 8.27. The molecule has 0 N–H and O–H groups in total. The number of anilines is 1. The molecule has 1 saturated heterocycles. The predicted molar refractivity (Wildman–Crippen MR) is 113 cm³/mol. The first-order chi connectivity index (χ1) is 15.0. The standard InChI is InChI=1S/C24H24N2O5/c1-16-5-4-6-18(15-16)30-13-14-31-23(29)24-12-11-21(27)26(24)20-8-3-2-7-19(20)22(28)25(24)17-9-10-17/h2-8,15,17H,9-14H2,1H3/t24-/m1/s1. The van der Waals surface area contributed by atoms with Gasteiger partial charge in [0.15, 0.2) is 0 Å². The van der Waals surface area contributed by atoms with Crippen LogP contribution >= 0.6 is 0 Å². The fourth-order valence-corrected chi connectivity index (χ4v) is 4.63. The van der Waals surface area contributed by atoms with E-state index >= 15 is 0 Å². The van der Waals surface area contributed by atoms with E-state index in [1.165, 1.54) is 4.90 Å². The Kier molecular flexibility index (Phi) is 4.68. The highest BCUT2D eigenvalue weighted by atomic mass is 16.6. The Labute approximate surface area is 180 Å². The number of rotatable bonds is 6. The minimum Gasteiger partial charge on any atom is -0.490 e. The Morgan fingerprint density at radius 2 is 1.90 bits per heavy atom. The van der Waals surface area contributed by atoms with Gasteiger partial charge >= 0.3 is 5.97 Å². The number of ether oxygens (including phenoxy) is 2. The normalized spacial score (nSPS) is 22.2. The van der Waals surface area contributed by atoms with Crippen LogP contribution in [0.2, 0.25) is 0 Å². The molecule has 2 amide bonds. The van der Waals surface area contributed by atoms with Gasteiger partial charge in [0, 0.05) is 18.9 Å². The van der Waals surface area contributed by atoms with E-state index < -0.39 is 11.6 Å². The van der Waals surface area contributed by atoms with Gasteiger partial charge in [0.25, 0.3) is 5.91 Å². The van der Waals surface area contributed by atoms with Crippen molar-refractivity contribution in [2.45, 2.75) is 44.3 Å². The lowest BCUT2D eigenvalue weighted by molar-refractivity contribution is -0.158. The first-order valence-electron chi connectivity index (χ1n) is 10.6. The molecule has 3 aliphatic rings. The number of carbonyl (C=O) groups excluding carboxylic acids is 3. The Morgan fingerprint density at radius 1 is 1.10 bits per heavy atom. The molecule has 1 aliphatic carbocycles. The van der Waals surface area contributed by atoms with Crippen LogP contribution in [0.15, 0.2) is 48.5 Å². The van der Waals surface area contributed by atoms with E-state index in [1.807, 2.05) is 31.2 Å². The molecule has 1 saturated carbocycles. The van der Waals surface area contributed by atoms with Gasteiger partial charge in [-0.2, -0.15) is 0 Å². The predicted octanol–water partition coefficient (Wildman–Crippen LogP) is 3.06. The minimum atomic E-state index is -1.41. The van der Waals surface area contributed by atoms with Gasteiger partial charge in [-0.05, 0) is 49.6 Å². The number of hydrogen-bond donors (Lipinski definition) is 0. The lowest BCUT2D eigenvalue weighted by atomic mass is 9.96. The first-order valence-corrected chi connectivity index (χ1v) is 10.6. The summed E-state index contributed by atoms with van der Waals surface area (Å²) in [6.45, 7) is 2.19. The molecule has 0 aromatic heterocycles. The van der Waals surface area contributed by atoms with Crippen LogP contribution in [0.1, 0.15) is 41.6 Å². The lowest BCUT2D eigenvalue weighted by Gasteiger charge is -2.48. The second-order valence-corrected chi connectivity index (χ2v) is 8.27. The van der Waals surface area contributed by atoms with Crippen LogP contribution in [-0.4, -0.2) is 47.6 Å². The monoisotopic (exact) mass is 420 g/mol. The Morgan fingerprint density at radius 3 is 2.68 bits per heavy atom. The van der Waals surface area contributed by atoms with Gasteiger partial charge in [-0.15, -0.1) is 0 Å². The van der Waals surface area contributed by atoms with Crippen LogP contribution in [0.3, 0.4) is 0 Å². The van der Waals surface area contributed by atoms with Crippen LogP contribution in [0.4, 0.5) is 5.69 Å². The summed E-state index contributed by atoms with van der Waals surface area (Å²) in [5.41, 5.74) is 0.608. The maximum atomic E-state index is 13.4. The minimum absolute atomic E-state index is 0.0326. The molecule has 0 radical (unpaired) electrons. The van der Waals surface area contributed by atoms with E-state index in [-0.39, 0.29) is 43.9 Å². The number of nitrogens with zero attached hydrogens (tertiary/aromatic N) is 2. The summed E-state index contributed by atoms with van der Waals surface area (Å²) in [6.07, 6.45) is 2.07. The maximum absolute atomic E-state index is 13.4. The number of aryl methyl sites for hydroxylation is 1. The SMILES string of the molecule is Cc1cccc(OCCOC(=O)[C@@]23CCC(=O)N2c2ccccc2C(=O)N3C2CC2)c1. The fourth-order valence-electron chi connectivity index (χ4n) is 4.63. The smallest absolute Gasteiger partial charge is 0.353 e. The number of carbonyl (C=O) groups is 3. The van der Waals surface area contributed by atoms with Gasteiger partial charge in [0.2, 0.25) is 11.6 Å². The number of amides is 2. The molecule has 1 atom stereocenters. The summed E-state index contributed by atoms with van der Waals surface area (Å²) >= 11 is 0. The Balaban J connectivity index is 1.39. The molecule has 2 heterocycles. The van der Waals surface area contributed by atoms with E-state index in [2.05, 4.69) is 0 Å². The molecule has 160 valence electrons. The Bertz CT molecular complexity index is 1060.